The largest absolute Gasteiger partial charge is 0.314 e. The van der Waals surface area contributed by atoms with Crippen LogP contribution in [0.25, 0.3) is 0 Å². The van der Waals surface area contributed by atoms with Crippen molar-refractivity contribution in [2.24, 2.45) is 0 Å². The van der Waals surface area contributed by atoms with Crippen LogP contribution in [0.5, 0.6) is 0 Å². The number of aromatic nitrogens is 3. The Bertz CT molecular complexity index is 756. The highest BCUT2D eigenvalue weighted by molar-refractivity contribution is 7.88. The molecule has 2 heterocycles. The van der Waals surface area contributed by atoms with E-state index >= 15 is 0 Å². The number of hydrogen-bond acceptors (Lipinski definition) is 4. The number of nitrogens with zero attached hydrogens (tertiary/aromatic N) is 3. The van der Waals surface area contributed by atoms with Crippen molar-refractivity contribution < 1.29 is 8.42 Å². The Labute approximate surface area is 137 Å². The summed E-state index contributed by atoms with van der Waals surface area (Å²) in [5.41, 5.74) is 0.771. The molecule has 0 fully saturated rings. The van der Waals surface area contributed by atoms with Gasteiger partial charge in [-0.15, -0.1) is 10.2 Å². The van der Waals surface area contributed by atoms with Crippen LogP contribution in [0, 0.1) is 0 Å². The molecular weight excluding hydrogens is 312 g/mol. The molecule has 1 atom stereocenters. The van der Waals surface area contributed by atoms with Crippen LogP contribution in [-0.4, -0.2) is 23.2 Å². The fourth-order valence-electron chi connectivity index (χ4n) is 2.99. The van der Waals surface area contributed by atoms with Gasteiger partial charge in [0.05, 0.1) is 11.8 Å². The Morgan fingerprint density at radius 2 is 1.96 bits per heavy atom. The molecule has 0 spiro atoms. The highest BCUT2D eigenvalue weighted by Crippen LogP contribution is 2.19. The second kappa shape index (κ2) is 6.80. The van der Waals surface area contributed by atoms with Crippen LogP contribution in [0.3, 0.4) is 0 Å². The molecule has 124 valence electrons. The summed E-state index contributed by atoms with van der Waals surface area (Å²) in [5, 5.41) is 8.45. The summed E-state index contributed by atoms with van der Waals surface area (Å²) in [6.45, 7) is 2.69. The Balaban J connectivity index is 1.74. The molecule has 0 radical (unpaired) electrons. The molecule has 1 aromatic heterocycles. The van der Waals surface area contributed by atoms with Crippen LogP contribution in [0.2, 0.25) is 0 Å². The summed E-state index contributed by atoms with van der Waals surface area (Å²) in [6, 6.07) is 8.79. The average molecular weight is 334 g/mol. The fraction of sp³-hybridized carbons (Fsp3) is 0.500. The molecule has 0 saturated carbocycles. The lowest BCUT2D eigenvalue weighted by molar-refractivity contribution is 0.533. The minimum atomic E-state index is -3.43. The molecule has 7 heteroatoms. The number of fused-ring (bicyclic) bond motifs is 1. The lowest BCUT2D eigenvalue weighted by atomic mass is 10.2. The summed E-state index contributed by atoms with van der Waals surface area (Å²) in [6.07, 6.45) is 4.29. The third-order valence-corrected chi connectivity index (χ3v) is 5.51. The monoisotopic (exact) mass is 334 g/mol. The van der Waals surface area contributed by atoms with E-state index in [2.05, 4.69) is 19.5 Å². The SMILES string of the molecule is CC(NS(=O)(=O)Cc1ccccc1)c1nnc2n1CCCCC2. The van der Waals surface area contributed by atoms with Gasteiger partial charge in [0.15, 0.2) is 5.82 Å². The van der Waals surface area contributed by atoms with Gasteiger partial charge in [-0.3, -0.25) is 0 Å². The first-order valence-corrected chi connectivity index (χ1v) is 9.66. The molecule has 0 saturated heterocycles. The highest BCUT2D eigenvalue weighted by Gasteiger charge is 2.23. The number of hydrogen-bond donors (Lipinski definition) is 1. The van der Waals surface area contributed by atoms with E-state index in [0.29, 0.717) is 5.82 Å². The van der Waals surface area contributed by atoms with Crippen molar-refractivity contribution in [1.29, 1.82) is 0 Å². The van der Waals surface area contributed by atoms with Crippen molar-refractivity contribution in [1.82, 2.24) is 19.5 Å². The molecular formula is C16H22N4O2S. The third-order valence-electron chi connectivity index (χ3n) is 4.08. The lowest BCUT2D eigenvalue weighted by Gasteiger charge is -2.15. The highest BCUT2D eigenvalue weighted by atomic mass is 32.2. The van der Waals surface area contributed by atoms with E-state index in [4.69, 9.17) is 0 Å². The van der Waals surface area contributed by atoms with E-state index in [1.165, 1.54) is 6.42 Å². The minimum Gasteiger partial charge on any atom is -0.314 e. The topological polar surface area (TPSA) is 76.9 Å². The van der Waals surface area contributed by atoms with E-state index in [-0.39, 0.29) is 11.8 Å². The summed E-state index contributed by atoms with van der Waals surface area (Å²) >= 11 is 0. The van der Waals surface area contributed by atoms with E-state index in [1.54, 1.807) is 0 Å². The first kappa shape index (κ1) is 16.1. The first-order chi connectivity index (χ1) is 11.1. The maximum Gasteiger partial charge on any atom is 0.216 e. The Kier molecular flexibility index (Phi) is 4.77. The molecule has 1 N–H and O–H groups in total. The van der Waals surface area contributed by atoms with Gasteiger partial charge in [-0.1, -0.05) is 36.8 Å². The third kappa shape index (κ3) is 3.97. The molecule has 1 unspecified atom stereocenters. The van der Waals surface area contributed by atoms with Crippen LogP contribution in [0.4, 0.5) is 0 Å². The van der Waals surface area contributed by atoms with Crippen LogP contribution in [-0.2, 0) is 28.7 Å². The number of rotatable bonds is 5. The van der Waals surface area contributed by atoms with Crippen LogP contribution in [0.1, 0.15) is 49.4 Å². The van der Waals surface area contributed by atoms with E-state index < -0.39 is 10.0 Å². The van der Waals surface area contributed by atoms with Gasteiger partial charge in [-0.25, -0.2) is 13.1 Å². The fourth-order valence-corrected chi connectivity index (χ4v) is 4.34. The minimum absolute atomic E-state index is 0.0286. The van der Waals surface area contributed by atoms with Gasteiger partial charge in [0.25, 0.3) is 0 Å². The standard InChI is InChI=1S/C16H22N4O2S/c1-13(16-18-17-15-10-6-3-7-11-20(15)16)19-23(21,22)12-14-8-4-2-5-9-14/h2,4-5,8-9,13,19H,3,6-7,10-12H2,1H3. The quantitative estimate of drug-likeness (QED) is 0.909. The molecule has 0 bridgehead atoms. The maximum atomic E-state index is 12.4. The molecule has 2 aromatic rings. The predicted octanol–water partition coefficient (Wildman–Crippen LogP) is 2.19. The van der Waals surface area contributed by atoms with E-state index in [1.807, 2.05) is 37.3 Å². The molecule has 0 aliphatic carbocycles. The Morgan fingerprint density at radius 3 is 2.74 bits per heavy atom. The van der Waals surface area contributed by atoms with Gasteiger partial charge in [0.2, 0.25) is 10.0 Å². The van der Waals surface area contributed by atoms with E-state index in [9.17, 15) is 8.42 Å². The molecule has 0 amide bonds. The van der Waals surface area contributed by atoms with Gasteiger partial charge >= 0.3 is 0 Å². The van der Waals surface area contributed by atoms with Crippen molar-refractivity contribution in [3.8, 4) is 0 Å². The normalized spacial score (nSPS) is 16.6. The van der Waals surface area contributed by atoms with Crippen molar-refractivity contribution in [3.05, 3.63) is 47.5 Å². The second-order valence-corrected chi connectivity index (χ2v) is 7.77. The molecule has 1 aliphatic rings. The lowest BCUT2D eigenvalue weighted by Crippen LogP contribution is -2.30. The van der Waals surface area contributed by atoms with Crippen molar-refractivity contribution in [2.75, 3.05) is 0 Å². The predicted molar refractivity (Wildman–Crippen MR) is 88.2 cm³/mol. The Morgan fingerprint density at radius 1 is 1.17 bits per heavy atom. The first-order valence-electron chi connectivity index (χ1n) is 8.01. The van der Waals surface area contributed by atoms with Gasteiger partial charge in [0.1, 0.15) is 5.82 Å². The number of aryl methyl sites for hydroxylation is 1. The van der Waals surface area contributed by atoms with Crippen molar-refractivity contribution in [2.45, 2.75) is 50.9 Å². The molecule has 1 aliphatic heterocycles. The average Bonchev–Trinajstić information content (AvgIpc) is 2.76. The smallest absolute Gasteiger partial charge is 0.216 e. The van der Waals surface area contributed by atoms with Crippen molar-refractivity contribution >= 4 is 10.0 Å². The molecule has 1 aromatic carbocycles. The number of benzene rings is 1. The zero-order valence-electron chi connectivity index (χ0n) is 13.3. The van der Waals surface area contributed by atoms with Gasteiger partial charge in [0, 0.05) is 13.0 Å². The van der Waals surface area contributed by atoms with Crippen LogP contribution < -0.4 is 4.72 Å². The number of sulfonamides is 1. The Hall–Kier alpha value is -1.73. The van der Waals surface area contributed by atoms with Gasteiger partial charge < -0.3 is 4.57 Å². The van der Waals surface area contributed by atoms with Gasteiger partial charge in [-0.05, 0) is 25.3 Å². The van der Waals surface area contributed by atoms with Crippen LogP contribution >= 0.6 is 0 Å². The second-order valence-electron chi connectivity index (χ2n) is 6.02. The summed E-state index contributed by atoms with van der Waals surface area (Å²) in [4.78, 5) is 0. The van der Waals surface area contributed by atoms with E-state index in [0.717, 1.165) is 37.2 Å². The molecule has 6 nitrogen and oxygen atoms in total. The number of nitrogens with one attached hydrogen (secondary N) is 1. The van der Waals surface area contributed by atoms with Crippen molar-refractivity contribution in [3.63, 3.8) is 0 Å². The molecule has 3 rings (SSSR count). The zero-order valence-corrected chi connectivity index (χ0v) is 14.1. The summed E-state index contributed by atoms with van der Waals surface area (Å²) in [5.74, 6) is 1.64. The van der Waals surface area contributed by atoms with Gasteiger partial charge in [-0.2, -0.15) is 0 Å². The summed E-state index contributed by atoms with van der Waals surface area (Å²) in [7, 11) is -3.43. The zero-order chi connectivity index (χ0) is 16.3. The summed E-state index contributed by atoms with van der Waals surface area (Å²) < 4.78 is 29.5. The maximum absolute atomic E-state index is 12.4. The molecule has 23 heavy (non-hydrogen) atoms. The van der Waals surface area contributed by atoms with Crippen LogP contribution in [0.15, 0.2) is 30.3 Å².